The number of amides is 1. The van der Waals surface area contributed by atoms with Gasteiger partial charge in [0.25, 0.3) is 15.9 Å². The number of sulfonamides is 1. The Balaban J connectivity index is 1.53. The zero-order valence-electron chi connectivity index (χ0n) is 23.2. The molecule has 1 aliphatic heterocycles. The van der Waals surface area contributed by atoms with Crippen LogP contribution in [0.2, 0.25) is 5.02 Å². The summed E-state index contributed by atoms with van der Waals surface area (Å²) >= 11 is 6.22. The first kappa shape index (κ1) is 30.2. The van der Waals surface area contributed by atoms with Crippen molar-refractivity contribution in [3.63, 3.8) is 0 Å². The molecular weight excluding hydrogens is 568 g/mol. The van der Waals surface area contributed by atoms with Gasteiger partial charge in [0.2, 0.25) is 0 Å². The predicted molar refractivity (Wildman–Crippen MR) is 159 cm³/mol. The number of halogens is 1. The number of benzene rings is 3. The second-order valence-electron chi connectivity index (χ2n) is 9.32. The second-order valence-corrected chi connectivity index (χ2v) is 11.6. The number of hydrogen-bond donors (Lipinski definition) is 1. The van der Waals surface area contributed by atoms with E-state index >= 15 is 0 Å². The summed E-state index contributed by atoms with van der Waals surface area (Å²) in [7, 11) is -0.0262. The first-order valence-corrected chi connectivity index (χ1v) is 14.8. The number of rotatable bonds is 11. The number of ether oxygens (including phenoxy) is 3. The van der Waals surface area contributed by atoms with Crippen LogP contribution in [0.5, 0.6) is 17.2 Å². The first-order chi connectivity index (χ1) is 19.7. The third-order valence-electron chi connectivity index (χ3n) is 6.66. The minimum absolute atomic E-state index is 0.104. The largest absolute Gasteiger partial charge is 0.495 e. The molecule has 0 atom stereocenters. The number of nitrogens with one attached hydrogen (secondary N) is 1. The lowest BCUT2D eigenvalue weighted by molar-refractivity contribution is -0.119. The molecule has 0 spiro atoms. The summed E-state index contributed by atoms with van der Waals surface area (Å²) in [6.45, 7) is 1.90. The van der Waals surface area contributed by atoms with Gasteiger partial charge >= 0.3 is 0 Å². The number of likely N-dealkylation sites (tertiary alicyclic amines) is 1. The number of carbonyl (C=O) groups excluding carboxylic acids is 1. The zero-order chi connectivity index (χ0) is 29.4. The van der Waals surface area contributed by atoms with Crippen LogP contribution >= 0.6 is 11.6 Å². The fourth-order valence-corrected chi connectivity index (χ4v) is 6.10. The van der Waals surface area contributed by atoms with Crippen LogP contribution in [0.3, 0.4) is 0 Å². The third-order valence-corrected chi connectivity index (χ3v) is 8.65. The maximum absolute atomic E-state index is 13.9. The van der Waals surface area contributed by atoms with Crippen LogP contribution in [-0.4, -0.2) is 65.9 Å². The molecule has 3 aromatic carbocycles. The summed E-state index contributed by atoms with van der Waals surface area (Å²) in [5, 5.41) is 4.59. The van der Waals surface area contributed by atoms with Crippen LogP contribution in [0.15, 0.2) is 76.7 Å². The molecular formula is C29H33ClN4O6S. The number of nitrogens with zero attached hydrogens (tertiary/aromatic N) is 3. The summed E-state index contributed by atoms with van der Waals surface area (Å²) in [5.41, 5.74) is 4.73. The van der Waals surface area contributed by atoms with E-state index in [1.54, 1.807) is 6.07 Å². The monoisotopic (exact) mass is 600 g/mol. The number of methoxy groups -OCH3 is 3. The van der Waals surface area contributed by atoms with E-state index in [2.05, 4.69) is 27.6 Å². The van der Waals surface area contributed by atoms with Crippen molar-refractivity contribution < 1.29 is 27.4 Å². The highest BCUT2D eigenvalue weighted by Gasteiger charge is 2.31. The van der Waals surface area contributed by atoms with Crippen LogP contribution in [-0.2, 0) is 21.4 Å². The second kappa shape index (κ2) is 13.7. The van der Waals surface area contributed by atoms with E-state index in [1.807, 2.05) is 18.2 Å². The molecule has 0 saturated carbocycles. The molecule has 0 radical (unpaired) electrons. The van der Waals surface area contributed by atoms with E-state index in [-0.39, 0.29) is 27.1 Å². The summed E-state index contributed by atoms with van der Waals surface area (Å²) in [6.07, 6.45) is 1.39. The van der Waals surface area contributed by atoms with Crippen molar-refractivity contribution >= 4 is 38.9 Å². The van der Waals surface area contributed by atoms with Gasteiger partial charge in [0.15, 0.2) is 11.5 Å². The SMILES string of the molecule is COc1ccc(S(=O)(=O)N(CC(=O)NN=C2CCN(Cc3ccccc3)CC2)c2cc(Cl)ccc2OC)cc1OC. The van der Waals surface area contributed by atoms with Crippen LogP contribution in [0.4, 0.5) is 5.69 Å². The van der Waals surface area contributed by atoms with Crippen LogP contribution in [0, 0.1) is 0 Å². The van der Waals surface area contributed by atoms with Gasteiger partial charge in [-0.25, -0.2) is 13.8 Å². The summed E-state index contributed by atoms with van der Waals surface area (Å²) in [6, 6.07) is 19.0. The fourth-order valence-electron chi connectivity index (χ4n) is 4.49. The molecule has 0 bridgehead atoms. The van der Waals surface area contributed by atoms with Crippen LogP contribution < -0.4 is 23.9 Å². The summed E-state index contributed by atoms with van der Waals surface area (Å²) in [4.78, 5) is 15.3. The zero-order valence-corrected chi connectivity index (χ0v) is 24.7. The Morgan fingerprint density at radius 1 is 0.927 bits per heavy atom. The van der Waals surface area contributed by atoms with Crippen molar-refractivity contribution in [1.82, 2.24) is 10.3 Å². The molecule has 4 rings (SSSR count). The summed E-state index contributed by atoms with van der Waals surface area (Å²) in [5.74, 6) is 0.196. The third kappa shape index (κ3) is 7.49. The van der Waals surface area contributed by atoms with Gasteiger partial charge < -0.3 is 14.2 Å². The first-order valence-electron chi connectivity index (χ1n) is 12.9. The average molecular weight is 601 g/mol. The van der Waals surface area contributed by atoms with Gasteiger partial charge in [0.05, 0.1) is 31.9 Å². The molecule has 218 valence electrons. The van der Waals surface area contributed by atoms with Crippen molar-refractivity contribution in [2.45, 2.75) is 24.3 Å². The maximum Gasteiger partial charge on any atom is 0.265 e. The number of anilines is 1. The van der Waals surface area contributed by atoms with Crippen LogP contribution in [0.1, 0.15) is 18.4 Å². The van der Waals surface area contributed by atoms with Crippen molar-refractivity contribution in [2.24, 2.45) is 5.10 Å². The Labute approximate surface area is 245 Å². The lowest BCUT2D eigenvalue weighted by Gasteiger charge is -2.28. The van der Waals surface area contributed by atoms with Crippen molar-refractivity contribution in [3.8, 4) is 17.2 Å². The minimum Gasteiger partial charge on any atom is -0.495 e. The minimum atomic E-state index is -4.29. The predicted octanol–water partition coefficient (Wildman–Crippen LogP) is 4.33. The van der Waals surface area contributed by atoms with Crippen molar-refractivity contribution in [2.75, 3.05) is 45.3 Å². The van der Waals surface area contributed by atoms with E-state index in [0.29, 0.717) is 18.6 Å². The Hall–Kier alpha value is -3.80. The highest BCUT2D eigenvalue weighted by atomic mass is 35.5. The molecule has 0 aromatic heterocycles. The molecule has 1 heterocycles. The standard InChI is InChI=1S/C29H33ClN4O6S/c1-38-26-11-9-22(30)17-25(26)34(41(36,37)24-10-12-27(39-2)28(18-24)40-3)20-29(35)32-31-23-13-15-33(16-14-23)19-21-7-5-4-6-8-21/h4-12,17-18H,13-16,19-20H2,1-3H3,(H,32,35). The van der Waals surface area contributed by atoms with Crippen molar-refractivity contribution in [3.05, 3.63) is 77.3 Å². The number of hydrogen-bond acceptors (Lipinski definition) is 8. The molecule has 41 heavy (non-hydrogen) atoms. The smallest absolute Gasteiger partial charge is 0.265 e. The molecule has 1 N–H and O–H groups in total. The normalized spacial score (nSPS) is 13.8. The van der Waals surface area contributed by atoms with Crippen LogP contribution in [0.25, 0.3) is 0 Å². The van der Waals surface area contributed by atoms with E-state index in [4.69, 9.17) is 25.8 Å². The van der Waals surface area contributed by atoms with Gasteiger partial charge in [-0.2, -0.15) is 5.10 Å². The highest BCUT2D eigenvalue weighted by molar-refractivity contribution is 7.92. The highest BCUT2D eigenvalue weighted by Crippen LogP contribution is 2.37. The van der Waals surface area contributed by atoms with Gasteiger partial charge in [-0.1, -0.05) is 41.9 Å². The van der Waals surface area contributed by atoms with E-state index in [0.717, 1.165) is 29.7 Å². The molecule has 1 aliphatic rings. The maximum atomic E-state index is 13.9. The number of piperidine rings is 1. The van der Waals surface area contributed by atoms with E-state index < -0.39 is 22.5 Å². The van der Waals surface area contributed by atoms with E-state index in [1.165, 1.54) is 57.2 Å². The Morgan fingerprint density at radius 3 is 2.24 bits per heavy atom. The summed E-state index contributed by atoms with van der Waals surface area (Å²) < 4.78 is 44.7. The molecule has 1 amide bonds. The molecule has 3 aromatic rings. The Bertz CT molecular complexity index is 1490. The molecule has 0 aliphatic carbocycles. The molecule has 1 fully saturated rings. The topological polar surface area (TPSA) is 110 Å². The lowest BCUT2D eigenvalue weighted by atomic mass is 10.1. The molecule has 12 heteroatoms. The molecule has 10 nitrogen and oxygen atoms in total. The van der Waals surface area contributed by atoms with Gasteiger partial charge in [-0.3, -0.25) is 14.0 Å². The molecule has 1 saturated heterocycles. The Morgan fingerprint density at radius 2 is 1.59 bits per heavy atom. The fraction of sp³-hybridized carbons (Fsp3) is 0.310. The number of hydrazone groups is 1. The number of carbonyl (C=O) groups is 1. The Kier molecular flexibility index (Phi) is 10.1. The average Bonchev–Trinajstić information content (AvgIpc) is 2.99. The van der Waals surface area contributed by atoms with Gasteiger partial charge in [-0.05, 0) is 35.9 Å². The van der Waals surface area contributed by atoms with E-state index in [9.17, 15) is 13.2 Å². The van der Waals surface area contributed by atoms with Gasteiger partial charge in [0.1, 0.15) is 12.3 Å². The molecule has 0 unspecified atom stereocenters. The van der Waals surface area contributed by atoms with Crippen molar-refractivity contribution in [1.29, 1.82) is 0 Å². The quantitative estimate of drug-likeness (QED) is 0.326. The van der Waals surface area contributed by atoms with Gasteiger partial charge in [0, 0.05) is 49.3 Å². The van der Waals surface area contributed by atoms with Gasteiger partial charge in [-0.15, -0.1) is 0 Å². The lowest BCUT2D eigenvalue weighted by Crippen LogP contribution is -2.40.